The average molecular weight is 514 g/mol. The Balaban J connectivity index is 1.76. The van der Waals surface area contributed by atoms with E-state index in [9.17, 15) is 9.59 Å². The Morgan fingerprint density at radius 1 is 1.05 bits per heavy atom. The number of methoxy groups -OCH3 is 1. The van der Waals surface area contributed by atoms with E-state index >= 15 is 0 Å². The second-order valence-electron chi connectivity index (χ2n) is 9.40. The number of carbonyl (C=O) groups excluding carboxylic acids is 1. The number of fused-ring (bicyclic) bond motifs is 1. The minimum atomic E-state index is -0.489. The Bertz CT molecular complexity index is 1450. The molecule has 3 aromatic carbocycles. The van der Waals surface area contributed by atoms with Gasteiger partial charge in [-0.3, -0.25) is 14.2 Å². The fourth-order valence-electron chi connectivity index (χ4n) is 4.55. The number of rotatable bonds is 11. The third-order valence-corrected chi connectivity index (χ3v) is 6.63. The van der Waals surface area contributed by atoms with Crippen LogP contribution in [0.25, 0.3) is 16.6 Å². The van der Waals surface area contributed by atoms with Gasteiger partial charge in [-0.1, -0.05) is 61.9 Å². The zero-order chi connectivity index (χ0) is 27.1. The van der Waals surface area contributed by atoms with E-state index in [0.29, 0.717) is 41.3 Å². The van der Waals surface area contributed by atoms with Crippen LogP contribution in [0.3, 0.4) is 0 Å². The van der Waals surface area contributed by atoms with Crippen LogP contribution in [0, 0.1) is 6.92 Å². The Morgan fingerprint density at radius 2 is 1.79 bits per heavy atom. The number of hydrogen-bond donors (Lipinski definition) is 0. The molecule has 1 amide bonds. The van der Waals surface area contributed by atoms with Crippen molar-refractivity contribution in [2.75, 3.05) is 20.3 Å². The summed E-state index contributed by atoms with van der Waals surface area (Å²) in [6.07, 6.45) is 1.74. The van der Waals surface area contributed by atoms with Crippen molar-refractivity contribution < 1.29 is 14.3 Å². The first-order valence-electron chi connectivity index (χ1n) is 13.0. The van der Waals surface area contributed by atoms with Crippen LogP contribution in [-0.4, -0.2) is 40.6 Å². The Morgan fingerprint density at radius 3 is 2.53 bits per heavy atom. The van der Waals surface area contributed by atoms with E-state index in [4.69, 9.17) is 14.5 Å². The van der Waals surface area contributed by atoms with Crippen molar-refractivity contribution in [3.63, 3.8) is 0 Å². The molecule has 4 rings (SSSR count). The molecule has 0 fully saturated rings. The second-order valence-corrected chi connectivity index (χ2v) is 9.40. The van der Waals surface area contributed by atoms with Crippen molar-refractivity contribution in [3.8, 4) is 11.4 Å². The van der Waals surface area contributed by atoms with Crippen LogP contribution < -0.4 is 10.3 Å². The van der Waals surface area contributed by atoms with Gasteiger partial charge in [-0.25, -0.2) is 4.98 Å². The molecule has 0 spiro atoms. The van der Waals surface area contributed by atoms with Gasteiger partial charge in [-0.15, -0.1) is 0 Å². The molecule has 0 bridgehead atoms. The number of hydrogen-bond acceptors (Lipinski definition) is 5. The quantitative estimate of drug-likeness (QED) is 0.261. The first-order chi connectivity index (χ1) is 18.4. The summed E-state index contributed by atoms with van der Waals surface area (Å²) >= 11 is 0. The molecular formula is C31H35N3O4. The van der Waals surface area contributed by atoms with Gasteiger partial charge < -0.3 is 14.4 Å². The van der Waals surface area contributed by atoms with Crippen molar-refractivity contribution in [2.45, 2.75) is 46.3 Å². The predicted octanol–water partition coefficient (Wildman–Crippen LogP) is 5.61. The molecule has 7 nitrogen and oxygen atoms in total. The Kier molecular flexibility index (Phi) is 8.92. The third-order valence-electron chi connectivity index (χ3n) is 6.63. The van der Waals surface area contributed by atoms with Crippen LogP contribution >= 0.6 is 0 Å². The van der Waals surface area contributed by atoms with Crippen molar-refractivity contribution in [1.82, 2.24) is 14.5 Å². The number of nitrogens with zero attached hydrogens (tertiary/aromatic N) is 3. The van der Waals surface area contributed by atoms with Gasteiger partial charge >= 0.3 is 0 Å². The van der Waals surface area contributed by atoms with Crippen LogP contribution in [0.2, 0.25) is 0 Å². The lowest BCUT2D eigenvalue weighted by Crippen LogP contribution is -2.40. The minimum absolute atomic E-state index is 0.0610. The summed E-state index contributed by atoms with van der Waals surface area (Å²) in [5, 5.41) is 0.504. The van der Waals surface area contributed by atoms with Gasteiger partial charge in [-0.2, -0.15) is 0 Å². The monoisotopic (exact) mass is 513 g/mol. The van der Waals surface area contributed by atoms with Gasteiger partial charge in [0.25, 0.3) is 5.56 Å². The standard InChI is InChI=1S/C31H35N3O4/c1-5-6-18-33(29(35)21-38-20-24-12-8-7-9-13-24)23(3)30-32-26-15-11-10-14-25(26)31(36)34(30)27-19-22(2)16-17-28(27)37-4/h7-17,19,23H,5-6,18,20-21H2,1-4H3. The number of unbranched alkanes of at least 4 members (excludes halogenated alkanes) is 1. The lowest BCUT2D eigenvalue weighted by atomic mass is 10.1. The summed E-state index contributed by atoms with van der Waals surface area (Å²) in [7, 11) is 1.58. The fraction of sp³-hybridized carbons (Fsp3) is 0.323. The number of benzene rings is 3. The number of para-hydroxylation sites is 1. The number of aryl methyl sites for hydroxylation is 1. The molecule has 0 radical (unpaired) electrons. The molecule has 0 aliphatic rings. The van der Waals surface area contributed by atoms with E-state index in [2.05, 4.69) is 6.92 Å². The molecule has 1 atom stereocenters. The highest BCUT2D eigenvalue weighted by molar-refractivity contribution is 5.79. The molecule has 198 valence electrons. The number of aromatic nitrogens is 2. The topological polar surface area (TPSA) is 73.7 Å². The molecule has 4 aromatic rings. The van der Waals surface area contributed by atoms with Crippen molar-refractivity contribution in [1.29, 1.82) is 0 Å². The summed E-state index contributed by atoms with van der Waals surface area (Å²) in [5.74, 6) is 0.887. The molecule has 1 unspecified atom stereocenters. The molecule has 0 N–H and O–H groups in total. The maximum Gasteiger partial charge on any atom is 0.266 e. The predicted molar refractivity (Wildman–Crippen MR) is 150 cm³/mol. The van der Waals surface area contributed by atoms with E-state index in [0.717, 1.165) is 24.0 Å². The lowest BCUT2D eigenvalue weighted by Gasteiger charge is -2.31. The van der Waals surface area contributed by atoms with Gasteiger partial charge in [0, 0.05) is 6.54 Å². The maximum atomic E-state index is 13.9. The van der Waals surface area contributed by atoms with Crippen molar-refractivity contribution in [2.24, 2.45) is 0 Å². The molecule has 0 saturated heterocycles. The van der Waals surface area contributed by atoms with Gasteiger partial charge in [0.15, 0.2) is 0 Å². The summed E-state index contributed by atoms with van der Waals surface area (Å²) < 4.78 is 13.0. The van der Waals surface area contributed by atoms with E-state index in [1.54, 1.807) is 22.6 Å². The van der Waals surface area contributed by atoms with Crippen LogP contribution in [0.4, 0.5) is 0 Å². The molecule has 38 heavy (non-hydrogen) atoms. The van der Waals surface area contributed by atoms with Gasteiger partial charge in [0.05, 0.1) is 36.3 Å². The zero-order valence-corrected chi connectivity index (χ0v) is 22.5. The smallest absolute Gasteiger partial charge is 0.266 e. The summed E-state index contributed by atoms with van der Waals surface area (Å²) in [5.41, 5.74) is 2.97. The van der Waals surface area contributed by atoms with E-state index in [-0.39, 0.29) is 18.1 Å². The number of carbonyl (C=O) groups is 1. The highest BCUT2D eigenvalue weighted by Gasteiger charge is 2.27. The van der Waals surface area contributed by atoms with Crippen molar-refractivity contribution in [3.05, 3.63) is 100 Å². The van der Waals surface area contributed by atoms with E-state index in [1.165, 1.54) is 0 Å². The first kappa shape index (κ1) is 27.1. The number of ether oxygens (including phenoxy) is 2. The lowest BCUT2D eigenvalue weighted by molar-refractivity contribution is -0.139. The van der Waals surface area contributed by atoms with Crippen molar-refractivity contribution >= 4 is 16.8 Å². The molecule has 0 aliphatic carbocycles. The molecule has 7 heteroatoms. The average Bonchev–Trinajstić information content (AvgIpc) is 2.93. The second kappa shape index (κ2) is 12.5. The van der Waals surface area contributed by atoms with Crippen LogP contribution in [0.1, 0.15) is 49.7 Å². The number of amides is 1. The Hall–Kier alpha value is -3.97. The highest BCUT2D eigenvalue weighted by Crippen LogP contribution is 2.29. The van der Waals surface area contributed by atoms with Gasteiger partial charge in [0.1, 0.15) is 18.2 Å². The molecule has 1 heterocycles. The Labute approximate surface area is 223 Å². The molecular weight excluding hydrogens is 478 g/mol. The SMILES string of the molecule is CCCCN(C(=O)COCc1ccccc1)C(C)c1nc2ccccc2c(=O)n1-c1cc(C)ccc1OC. The zero-order valence-electron chi connectivity index (χ0n) is 22.5. The maximum absolute atomic E-state index is 13.9. The largest absolute Gasteiger partial charge is 0.495 e. The fourth-order valence-corrected chi connectivity index (χ4v) is 4.55. The summed E-state index contributed by atoms with van der Waals surface area (Å²) in [4.78, 5) is 34.1. The molecule has 0 saturated carbocycles. The summed E-state index contributed by atoms with van der Waals surface area (Å²) in [6.45, 7) is 6.78. The highest BCUT2D eigenvalue weighted by atomic mass is 16.5. The normalized spacial score (nSPS) is 11.9. The molecule has 1 aromatic heterocycles. The minimum Gasteiger partial charge on any atom is -0.495 e. The van der Waals surface area contributed by atoms with Gasteiger partial charge in [-0.05, 0) is 55.7 Å². The summed E-state index contributed by atoms with van der Waals surface area (Å²) in [6, 6.07) is 22.3. The first-order valence-corrected chi connectivity index (χ1v) is 13.0. The van der Waals surface area contributed by atoms with Crippen LogP contribution in [0.15, 0.2) is 77.6 Å². The third kappa shape index (κ3) is 5.94. The van der Waals surface area contributed by atoms with Crippen LogP contribution in [0.5, 0.6) is 5.75 Å². The van der Waals surface area contributed by atoms with E-state index < -0.39 is 6.04 Å². The van der Waals surface area contributed by atoms with E-state index in [1.807, 2.05) is 80.6 Å². The van der Waals surface area contributed by atoms with Gasteiger partial charge in [0.2, 0.25) is 5.91 Å². The molecule has 0 aliphatic heterocycles. The van der Waals surface area contributed by atoms with Crippen LogP contribution in [-0.2, 0) is 16.1 Å².